The van der Waals surface area contributed by atoms with Gasteiger partial charge in [0.15, 0.2) is 0 Å². The summed E-state index contributed by atoms with van der Waals surface area (Å²) in [6.07, 6.45) is 0. The van der Waals surface area contributed by atoms with E-state index in [1.807, 2.05) is 48.5 Å². The molecule has 0 saturated heterocycles. The lowest BCUT2D eigenvalue weighted by atomic mass is 10.1. The fourth-order valence-electron chi connectivity index (χ4n) is 3.62. The van der Waals surface area contributed by atoms with Crippen molar-refractivity contribution in [3.8, 4) is 0 Å². The van der Waals surface area contributed by atoms with E-state index in [2.05, 4.69) is 0 Å². The van der Waals surface area contributed by atoms with Gasteiger partial charge in [0.1, 0.15) is 0 Å². The summed E-state index contributed by atoms with van der Waals surface area (Å²) < 4.78 is 26.2. The molecule has 7 heteroatoms. The molecule has 0 aromatic heterocycles. The first-order valence-electron chi connectivity index (χ1n) is 9.77. The lowest BCUT2D eigenvalue weighted by Gasteiger charge is -2.31. The summed E-state index contributed by atoms with van der Waals surface area (Å²) in [6, 6.07) is 27.6. The first kappa shape index (κ1) is 20.8. The number of nitrogens with zero attached hydrogens (tertiary/aromatic N) is 1. The SMILES string of the molecule is O=C(c1cc(S(=O)(=O)c2ccccc2)ccc1Cl)N1c2ccccc2Sc2ccccc21. The molecule has 4 aromatic rings. The smallest absolute Gasteiger partial charge is 0.264 e. The lowest BCUT2D eigenvalue weighted by Crippen LogP contribution is -2.28. The molecule has 1 aliphatic rings. The van der Waals surface area contributed by atoms with Crippen molar-refractivity contribution in [3.63, 3.8) is 0 Å². The average Bonchev–Trinajstić information content (AvgIpc) is 2.83. The molecular weight excluding hydrogens is 462 g/mol. The van der Waals surface area contributed by atoms with Crippen molar-refractivity contribution in [2.45, 2.75) is 19.6 Å². The first-order chi connectivity index (χ1) is 15.5. The van der Waals surface area contributed by atoms with E-state index < -0.39 is 9.84 Å². The zero-order valence-corrected chi connectivity index (χ0v) is 19.0. The second-order valence-electron chi connectivity index (χ2n) is 7.14. The number of anilines is 2. The zero-order valence-electron chi connectivity index (χ0n) is 16.6. The maximum atomic E-state index is 13.8. The highest BCUT2D eigenvalue weighted by atomic mass is 35.5. The van der Waals surface area contributed by atoms with E-state index >= 15 is 0 Å². The summed E-state index contributed by atoms with van der Waals surface area (Å²) in [7, 11) is -3.80. The Bertz CT molecular complexity index is 1410. The number of halogens is 1. The van der Waals surface area contributed by atoms with Crippen molar-refractivity contribution in [3.05, 3.63) is 108 Å². The van der Waals surface area contributed by atoms with E-state index in [1.54, 1.807) is 34.9 Å². The van der Waals surface area contributed by atoms with Crippen LogP contribution < -0.4 is 4.90 Å². The highest BCUT2D eigenvalue weighted by Gasteiger charge is 2.30. The van der Waals surface area contributed by atoms with Gasteiger partial charge in [0.05, 0.1) is 31.8 Å². The number of amides is 1. The van der Waals surface area contributed by atoms with Crippen LogP contribution >= 0.6 is 23.4 Å². The molecule has 0 unspecified atom stereocenters. The fraction of sp³-hybridized carbons (Fsp3) is 0. The number of hydrogen-bond acceptors (Lipinski definition) is 4. The van der Waals surface area contributed by atoms with Crippen molar-refractivity contribution in [1.29, 1.82) is 0 Å². The van der Waals surface area contributed by atoms with E-state index in [9.17, 15) is 13.2 Å². The topological polar surface area (TPSA) is 54.5 Å². The summed E-state index contributed by atoms with van der Waals surface area (Å²) in [5.41, 5.74) is 1.59. The molecule has 0 saturated carbocycles. The zero-order chi connectivity index (χ0) is 22.3. The predicted molar refractivity (Wildman–Crippen MR) is 127 cm³/mol. The van der Waals surface area contributed by atoms with E-state index in [0.717, 1.165) is 21.2 Å². The van der Waals surface area contributed by atoms with Crippen LogP contribution in [0, 0.1) is 0 Å². The molecule has 5 rings (SSSR count). The largest absolute Gasteiger partial charge is 0.275 e. The molecule has 0 fully saturated rings. The summed E-state index contributed by atoms with van der Waals surface area (Å²) in [6.45, 7) is 0. The first-order valence-corrected chi connectivity index (χ1v) is 12.4. The van der Waals surface area contributed by atoms with Gasteiger partial charge in [-0.15, -0.1) is 0 Å². The van der Waals surface area contributed by atoms with Crippen LogP contribution in [-0.2, 0) is 9.84 Å². The maximum absolute atomic E-state index is 13.8. The molecule has 158 valence electrons. The van der Waals surface area contributed by atoms with Crippen molar-refractivity contribution < 1.29 is 13.2 Å². The van der Waals surface area contributed by atoms with Crippen LogP contribution in [0.4, 0.5) is 11.4 Å². The van der Waals surface area contributed by atoms with Gasteiger partial charge in [0.25, 0.3) is 5.91 Å². The highest BCUT2D eigenvalue weighted by molar-refractivity contribution is 7.99. The van der Waals surface area contributed by atoms with Crippen LogP contribution in [0.1, 0.15) is 10.4 Å². The van der Waals surface area contributed by atoms with Crippen molar-refractivity contribution in [2.75, 3.05) is 4.90 Å². The minimum absolute atomic E-state index is 0.0180. The number of carbonyl (C=O) groups is 1. The summed E-state index contributed by atoms with van der Waals surface area (Å²) in [5.74, 6) is -0.389. The van der Waals surface area contributed by atoms with Crippen molar-refractivity contribution in [1.82, 2.24) is 0 Å². The number of para-hydroxylation sites is 2. The second-order valence-corrected chi connectivity index (χ2v) is 10.6. The number of fused-ring (bicyclic) bond motifs is 2. The summed E-state index contributed by atoms with van der Waals surface area (Å²) in [4.78, 5) is 17.4. The molecule has 0 aliphatic carbocycles. The van der Waals surface area contributed by atoms with Gasteiger partial charge >= 0.3 is 0 Å². The van der Waals surface area contributed by atoms with E-state index in [1.165, 1.54) is 30.3 Å². The molecule has 1 amide bonds. The standard InChI is InChI=1S/C25H16ClNO3S2/c26-20-15-14-18(32(29,30)17-8-2-1-3-9-17)16-19(20)25(28)27-21-10-4-6-12-23(21)31-24-13-7-5-11-22(24)27/h1-16H. The van der Waals surface area contributed by atoms with Crippen molar-refractivity contribution in [2.24, 2.45) is 0 Å². The molecule has 0 bridgehead atoms. The number of sulfone groups is 1. The normalized spacial score (nSPS) is 12.7. The van der Waals surface area contributed by atoms with E-state index in [4.69, 9.17) is 11.6 Å². The third kappa shape index (κ3) is 3.50. The van der Waals surface area contributed by atoms with E-state index in [-0.39, 0.29) is 26.3 Å². The van der Waals surface area contributed by atoms with Gasteiger partial charge in [-0.1, -0.05) is 65.8 Å². The molecule has 32 heavy (non-hydrogen) atoms. The highest BCUT2D eigenvalue weighted by Crippen LogP contribution is 2.48. The van der Waals surface area contributed by atoms with Gasteiger partial charge < -0.3 is 0 Å². The molecule has 1 aliphatic heterocycles. The molecule has 0 atom stereocenters. The van der Waals surface area contributed by atoms with Gasteiger partial charge in [-0.3, -0.25) is 9.69 Å². The van der Waals surface area contributed by atoms with E-state index in [0.29, 0.717) is 0 Å². The van der Waals surface area contributed by atoms with Crippen LogP contribution in [0.15, 0.2) is 117 Å². The number of rotatable bonds is 3. The van der Waals surface area contributed by atoms with Gasteiger partial charge in [0, 0.05) is 9.79 Å². The number of benzene rings is 4. The molecule has 0 N–H and O–H groups in total. The molecule has 4 nitrogen and oxygen atoms in total. The number of carbonyl (C=O) groups excluding carboxylic acids is 1. The Morgan fingerprint density at radius 2 is 1.28 bits per heavy atom. The minimum Gasteiger partial charge on any atom is -0.275 e. The minimum atomic E-state index is -3.80. The Labute approximate surface area is 195 Å². The Kier molecular flexibility index (Phi) is 5.29. The summed E-state index contributed by atoms with van der Waals surface area (Å²) in [5, 5.41) is 0.190. The Morgan fingerprint density at radius 3 is 1.91 bits per heavy atom. The second kappa shape index (κ2) is 8.13. The Hall–Kier alpha value is -3.06. The number of hydrogen-bond donors (Lipinski definition) is 0. The average molecular weight is 478 g/mol. The maximum Gasteiger partial charge on any atom is 0.264 e. The molecule has 0 radical (unpaired) electrons. The van der Waals surface area contributed by atoms with Gasteiger partial charge in [-0.25, -0.2) is 8.42 Å². The Morgan fingerprint density at radius 1 is 0.719 bits per heavy atom. The van der Waals surface area contributed by atoms with Crippen LogP contribution in [0.2, 0.25) is 5.02 Å². The van der Waals surface area contributed by atoms with Gasteiger partial charge in [-0.2, -0.15) is 0 Å². The Balaban J connectivity index is 1.65. The van der Waals surface area contributed by atoms with Crippen LogP contribution in [-0.4, -0.2) is 14.3 Å². The molecule has 1 heterocycles. The third-order valence-corrected chi connectivity index (χ3v) is 8.39. The summed E-state index contributed by atoms with van der Waals surface area (Å²) >= 11 is 8.00. The van der Waals surface area contributed by atoms with Crippen LogP contribution in [0.5, 0.6) is 0 Å². The monoisotopic (exact) mass is 477 g/mol. The third-order valence-electron chi connectivity index (χ3n) is 5.17. The molecular formula is C25H16ClNO3S2. The quantitative estimate of drug-likeness (QED) is 0.333. The predicted octanol–water partition coefficient (Wildman–Crippen LogP) is 6.62. The van der Waals surface area contributed by atoms with Crippen molar-refractivity contribution >= 4 is 50.5 Å². The lowest BCUT2D eigenvalue weighted by molar-refractivity contribution is 0.0998. The van der Waals surface area contributed by atoms with Crippen LogP contribution in [0.25, 0.3) is 0 Å². The van der Waals surface area contributed by atoms with Gasteiger partial charge in [-0.05, 0) is 54.6 Å². The fourth-order valence-corrected chi connectivity index (χ4v) is 6.18. The molecule has 4 aromatic carbocycles. The van der Waals surface area contributed by atoms with Gasteiger partial charge in [0.2, 0.25) is 9.84 Å². The molecule has 0 spiro atoms. The van der Waals surface area contributed by atoms with Crippen LogP contribution in [0.3, 0.4) is 0 Å².